The van der Waals surface area contributed by atoms with Gasteiger partial charge in [-0.25, -0.2) is 9.59 Å². The molecule has 0 saturated heterocycles. The number of carbonyl (C=O) groups is 12. The highest BCUT2D eigenvalue weighted by Gasteiger charge is 2.57. The van der Waals surface area contributed by atoms with Crippen LogP contribution in [0.3, 0.4) is 0 Å². The third kappa shape index (κ3) is 19.9. The summed E-state index contributed by atoms with van der Waals surface area (Å²) in [6.07, 6.45) is -1.10. The standard InChI is InChI=1S/C75H113N11O15/c1-23-56(77)67(92)86(75(15,73(98)100-40-50-31-25-24-26-32-50)74(99)101-41-55-53-35-29-27-33-51(53)52-34-28-30-36-54(52)55)66(91)49(14)81(18)70(95)60(44(6)7)78-64(89)48(13)80(17)59(87)39-79(16)71(96)62(63(88)46(10)11)85(22)72(97)61(45(8)9)84(21)69(94)58(38-43(4)5)83(20)68(93)57(37-42(2)3)82(19)65(90)47(12)76/h24-36,42-49,55-58,60-63,88H,23,37-41,76-77H2,1-22H3,(H,78,89)/t47-,48+,49+,56?,57+,58+,60+,61+,62?,63-,75+/m1/s1. The number of ether oxygens (including phenoxy) is 2. The fourth-order valence-corrected chi connectivity index (χ4v) is 12.4. The second kappa shape index (κ2) is 36.8. The Morgan fingerprint density at radius 2 is 0.970 bits per heavy atom. The van der Waals surface area contributed by atoms with Gasteiger partial charge < -0.3 is 65.7 Å². The van der Waals surface area contributed by atoms with Crippen molar-refractivity contribution in [2.24, 2.45) is 41.1 Å². The van der Waals surface area contributed by atoms with Crippen LogP contribution in [0.1, 0.15) is 146 Å². The first kappa shape index (κ1) is 84.8. The summed E-state index contributed by atoms with van der Waals surface area (Å²) < 4.78 is 11.8. The van der Waals surface area contributed by atoms with Crippen LogP contribution in [0.4, 0.5) is 0 Å². The van der Waals surface area contributed by atoms with Crippen molar-refractivity contribution in [3.05, 3.63) is 95.6 Å². The SMILES string of the molecule is CCC(N)C(=O)N(C(=O)[C@H](C)N(C)C(=O)[C@@H](NC(=O)[C@H](C)N(C)C(=O)CN(C)C(=O)C([C@H](O)C(C)C)N(C)C(=O)[C@H](C(C)C)N(C)C(=O)[C@H](CC(C)C)N(C)C(=O)[C@H](CC(C)C)N(C)C(=O)[C@@H](C)N)C(C)C)[C@@](C)(C(=O)OCc1ccccc1)C(=O)OCC1c2ccccc2-c2ccccc21. The van der Waals surface area contributed by atoms with Gasteiger partial charge in [-0.3, -0.25) is 52.8 Å². The Bertz CT molecular complexity index is 3390. The van der Waals surface area contributed by atoms with E-state index < -0.39 is 167 Å². The maximum absolute atomic E-state index is 15.3. The molecule has 0 heterocycles. The quantitative estimate of drug-likeness (QED) is 0.0467. The molecule has 558 valence electrons. The van der Waals surface area contributed by atoms with Gasteiger partial charge in [0.1, 0.15) is 55.5 Å². The van der Waals surface area contributed by atoms with Crippen molar-refractivity contribution in [1.82, 2.24) is 44.5 Å². The van der Waals surface area contributed by atoms with E-state index in [0.29, 0.717) is 10.5 Å². The maximum Gasteiger partial charge on any atom is 0.344 e. The van der Waals surface area contributed by atoms with E-state index in [9.17, 15) is 57.8 Å². The number of nitrogens with two attached hydrogens (primary N) is 2. The summed E-state index contributed by atoms with van der Waals surface area (Å²) in [6.45, 7) is 22.9. The number of aliphatic hydroxyl groups excluding tert-OH is 1. The number of likely N-dealkylation sites (N-methyl/N-ethyl adjacent to an activating group) is 7. The molecule has 0 bridgehead atoms. The van der Waals surface area contributed by atoms with Crippen LogP contribution in [0, 0.1) is 29.6 Å². The molecule has 10 amide bonds. The molecule has 101 heavy (non-hydrogen) atoms. The van der Waals surface area contributed by atoms with Crippen molar-refractivity contribution in [2.75, 3.05) is 62.5 Å². The van der Waals surface area contributed by atoms with Crippen LogP contribution >= 0.6 is 0 Å². The Balaban J connectivity index is 1.60. The highest BCUT2D eigenvalue weighted by atomic mass is 16.6. The van der Waals surface area contributed by atoms with E-state index in [1.54, 1.807) is 78.8 Å². The first-order valence-corrected chi connectivity index (χ1v) is 34.8. The molecule has 26 heteroatoms. The smallest absolute Gasteiger partial charge is 0.344 e. The Morgan fingerprint density at radius 3 is 1.44 bits per heavy atom. The maximum atomic E-state index is 15.3. The number of benzene rings is 3. The highest BCUT2D eigenvalue weighted by molar-refractivity contribution is 6.15. The lowest BCUT2D eigenvalue weighted by Gasteiger charge is -2.42. The van der Waals surface area contributed by atoms with E-state index >= 15 is 4.79 Å². The lowest BCUT2D eigenvalue weighted by atomic mass is 9.93. The Hall–Kier alpha value is -8.62. The first-order chi connectivity index (χ1) is 47.0. The Labute approximate surface area is 597 Å². The second-order valence-corrected chi connectivity index (χ2v) is 29.0. The van der Waals surface area contributed by atoms with Crippen LogP contribution in [0.15, 0.2) is 78.9 Å². The number of nitrogens with one attached hydrogen (secondary N) is 1. The molecular formula is C75H113N11O15. The molecule has 0 aliphatic heterocycles. The van der Waals surface area contributed by atoms with Gasteiger partial charge in [-0.15, -0.1) is 0 Å². The molecule has 0 fully saturated rings. The van der Waals surface area contributed by atoms with Crippen molar-refractivity contribution >= 4 is 71.0 Å². The average Bonchev–Trinajstić information content (AvgIpc) is 1.75. The first-order valence-electron chi connectivity index (χ1n) is 34.8. The molecular weight excluding hydrogens is 1290 g/mol. The summed E-state index contributed by atoms with van der Waals surface area (Å²) in [7, 11) is 9.55. The third-order valence-corrected chi connectivity index (χ3v) is 19.3. The minimum Gasteiger partial charge on any atom is -0.462 e. The van der Waals surface area contributed by atoms with Crippen LogP contribution in [-0.4, -0.2) is 244 Å². The van der Waals surface area contributed by atoms with Crippen molar-refractivity contribution in [3.8, 4) is 11.1 Å². The van der Waals surface area contributed by atoms with E-state index in [-0.39, 0.29) is 44.3 Å². The number of hydrogen-bond acceptors (Lipinski definition) is 17. The van der Waals surface area contributed by atoms with Crippen molar-refractivity contribution in [1.29, 1.82) is 0 Å². The molecule has 0 saturated carbocycles. The summed E-state index contributed by atoms with van der Waals surface area (Å²) in [6, 6.07) is 11.9. The molecule has 0 spiro atoms. The van der Waals surface area contributed by atoms with Gasteiger partial charge in [0.2, 0.25) is 58.7 Å². The average molecular weight is 1410 g/mol. The number of carbonyl (C=O) groups excluding carboxylic acids is 12. The predicted molar refractivity (Wildman–Crippen MR) is 383 cm³/mol. The summed E-state index contributed by atoms with van der Waals surface area (Å²) >= 11 is 0. The van der Waals surface area contributed by atoms with Gasteiger partial charge in [-0.1, -0.05) is 155 Å². The fourth-order valence-electron chi connectivity index (χ4n) is 12.4. The lowest BCUT2D eigenvalue weighted by Crippen LogP contribution is -2.68. The van der Waals surface area contributed by atoms with E-state index in [4.69, 9.17) is 20.9 Å². The monoisotopic (exact) mass is 1410 g/mol. The Morgan fingerprint density at radius 1 is 0.505 bits per heavy atom. The third-order valence-electron chi connectivity index (χ3n) is 19.3. The summed E-state index contributed by atoms with van der Waals surface area (Å²) in [5.41, 5.74) is 13.5. The molecule has 4 rings (SSSR count). The largest absolute Gasteiger partial charge is 0.462 e. The Kier molecular flexibility index (Phi) is 30.9. The highest BCUT2D eigenvalue weighted by Crippen LogP contribution is 2.45. The molecule has 2 unspecified atom stereocenters. The molecule has 26 nitrogen and oxygen atoms in total. The van der Waals surface area contributed by atoms with Gasteiger partial charge in [0, 0.05) is 55.3 Å². The molecule has 0 radical (unpaired) electrons. The van der Waals surface area contributed by atoms with Crippen molar-refractivity contribution in [2.45, 2.75) is 202 Å². The van der Waals surface area contributed by atoms with Crippen LogP contribution < -0.4 is 16.8 Å². The number of rotatable bonds is 34. The fraction of sp³-hybridized carbons (Fsp3) is 0.600. The van der Waals surface area contributed by atoms with Gasteiger partial charge in [0.15, 0.2) is 0 Å². The van der Waals surface area contributed by atoms with E-state index in [1.165, 1.54) is 84.8 Å². The van der Waals surface area contributed by atoms with Crippen LogP contribution in [0.5, 0.6) is 0 Å². The van der Waals surface area contributed by atoms with E-state index in [1.807, 2.05) is 76.2 Å². The zero-order chi connectivity index (χ0) is 76.7. The van der Waals surface area contributed by atoms with Crippen molar-refractivity contribution < 1.29 is 72.1 Å². The van der Waals surface area contributed by atoms with Crippen LogP contribution in [-0.2, 0) is 73.6 Å². The number of hydrogen-bond donors (Lipinski definition) is 4. The topological polar surface area (TPSA) is 334 Å². The lowest BCUT2D eigenvalue weighted by molar-refractivity contribution is -0.184. The van der Waals surface area contributed by atoms with Gasteiger partial charge >= 0.3 is 11.9 Å². The van der Waals surface area contributed by atoms with Gasteiger partial charge in [0.05, 0.1) is 24.7 Å². The van der Waals surface area contributed by atoms with Gasteiger partial charge in [0.25, 0.3) is 5.91 Å². The zero-order valence-electron chi connectivity index (χ0n) is 63.4. The van der Waals surface area contributed by atoms with Crippen molar-refractivity contribution in [3.63, 3.8) is 0 Å². The minimum absolute atomic E-state index is 0.0285. The van der Waals surface area contributed by atoms with E-state index in [2.05, 4.69) is 5.32 Å². The molecule has 6 N–H and O–H groups in total. The number of imide groups is 1. The minimum atomic E-state index is -2.84. The molecule has 3 aromatic carbocycles. The summed E-state index contributed by atoms with van der Waals surface area (Å²) in [4.78, 5) is 184. The number of fused-ring (bicyclic) bond motifs is 3. The molecule has 1 aliphatic carbocycles. The van der Waals surface area contributed by atoms with E-state index in [0.717, 1.165) is 48.8 Å². The molecule has 11 atom stereocenters. The van der Waals surface area contributed by atoms with Crippen LogP contribution in [0.25, 0.3) is 11.1 Å². The second-order valence-electron chi connectivity index (χ2n) is 29.0. The predicted octanol–water partition coefficient (Wildman–Crippen LogP) is 4.65. The summed E-state index contributed by atoms with van der Waals surface area (Å²) in [5, 5.41) is 14.5. The summed E-state index contributed by atoms with van der Waals surface area (Å²) in [5.74, 6) is -13.2. The number of amides is 10. The number of nitrogens with zero attached hydrogens (tertiary/aromatic N) is 8. The van der Waals surface area contributed by atoms with Gasteiger partial charge in [-0.05, 0) is 104 Å². The normalized spacial score (nSPS) is 15.6. The molecule has 3 aromatic rings. The van der Waals surface area contributed by atoms with Gasteiger partial charge in [-0.2, -0.15) is 0 Å². The molecule has 1 aliphatic rings. The number of aliphatic hydroxyl groups is 1. The number of esters is 2. The zero-order valence-corrected chi connectivity index (χ0v) is 63.4. The molecule has 0 aromatic heterocycles. The van der Waals surface area contributed by atoms with Crippen LogP contribution in [0.2, 0.25) is 0 Å².